The topological polar surface area (TPSA) is 138 Å². The van der Waals surface area contributed by atoms with Crippen LogP contribution in [-0.2, 0) is 28.7 Å². The summed E-state index contributed by atoms with van der Waals surface area (Å²) < 4.78 is 16.3. The number of ether oxygens (including phenoxy) is 3. The lowest BCUT2D eigenvalue weighted by Crippen LogP contribution is -2.19. The molecule has 2 rings (SSSR count). The maximum atomic E-state index is 12.5. The van der Waals surface area contributed by atoms with Crippen molar-refractivity contribution >= 4 is 41.4 Å². The Balaban J connectivity index is 1.61. The van der Waals surface area contributed by atoms with Crippen LogP contribution >= 0.6 is 0 Å². The highest BCUT2D eigenvalue weighted by Gasteiger charge is 2.16. The van der Waals surface area contributed by atoms with Crippen LogP contribution in [0.4, 0.5) is 11.4 Å². The van der Waals surface area contributed by atoms with Gasteiger partial charge >= 0.3 is 17.9 Å². The number of hydrogen-bond donors (Lipinski definition) is 0. The summed E-state index contributed by atoms with van der Waals surface area (Å²) in [4.78, 5) is 64.3. The van der Waals surface area contributed by atoms with E-state index in [2.05, 4.69) is 29.1 Å². The van der Waals surface area contributed by atoms with Crippen molar-refractivity contribution in [1.29, 1.82) is 0 Å². The van der Waals surface area contributed by atoms with Crippen LogP contribution < -0.4 is 9.47 Å². The van der Waals surface area contributed by atoms with Gasteiger partial charge in [-0.3, -0.25) is 14.4 Å². The number of carbonyl (C=O) groups excluding carboxylic acids is 5. The molecule has 246 valence electrons. The van der Waals surface area contributed by atoms with Crippen LogP contribution in [0.3, 0.4) is 0 Å². The summed E-state index contributed by atoms with van der Waals surface area (Å²) in [5.74, 6) is -0.527. The highest BCUT2D eigenvalue weighted by Crippen LogP contribution is 2.20. The second kappa shape index (κ2) is 23.7. The van der Waals surface area contributed by atoms with Crippen molar-refractivity contribution in [2.45, 2.75) is 109 Å². The predicted octanol–water partition coefficient (Wildman–Crippen LogP) is 8.47. The number of carbonyl (C=O) groups is 3. The molecule has 0 amide bonds. The van der Waals surface area contributed by atoms with Gasteiger partial charge in [-0.25, -0.2) is 9.59 Å². The molecule has 0 aliphatic carbocycles. The minimum Gasteiger partial charge on any atom is -0.462 e. The van der Waals surface area contributed by atoms with E-state index < -0.39 is 11.9 Å². The lowest BCUT2D eigenvalue weighted by molar-refractivity contribution is -0.151. The quantitative estimate of drug-likeness (QED) is 0.0297. The van der Waals surface area contributed by atoms with Crippen LogP contribution in [0.1, 0.15) is 103 Å². The Labute approximate surface area is 270 Å². The average molecular weight is 633 g/mol. The molecule has 1 atom stereocenters. The van der Waals surface area contributed by atoms with E-state index in [9.17, 15) is 24.0 Å². The van der Waals surface area contributed by atoms with Gasteiger partial charge in [0.05, 0.1) is 24.2 Å². The smallest absolute Gasteiger partial charge is 0.311 e. The second-order valence-electron chi connectivity index (χ2n) is 10.8. The highest BCUT2D eigenvalue weighted by molar-refractivity contribution is 5.79. The van der Waals surface area contributed by atoms with Gasteiger partial charge in [0.1, 0.15) is 17.6 Å². The zero-order valence-electron chi connectivity index (χ0n) is 26.6. The molecule has 46 heavy (non-hydrogen) atoms. The van der Waals surface area contributed by atoms with Gasteiger partial charge in [-0.2, -0.15) is 9.98 Å². The lowest BCUT2D eigenvalue weighted by Gasteiger charge is -2.16. The first-order valence-corrected chi connectivity index (χ1v) is 16.0. The van der Waals surface area contributed by atoms with Crippen molar-refractivity contribution in [3.8, 4) is 11.5 Å². The Hall–Kier alpha value is -4.65. The first-order valence-electron chi connectivity index (χ1n) is 16.0. The van der Waals surface area contributed by atoms with Gasteiger partial charge in [0.25, 0.3) is 0 Å². The van der Waals surface area contributed by atoms with Gasteiger partial charge in [-0.15, -0.1) is 0 Å². The van der Waals surface area contributed by atoms with Crippen LogP contribution in [0.2, 0.25) is 0 Å². The molecule has 2 aromatic rings. The van der Waals surface area contributed by atoms with Crippen LogP contribution in [0.5, 0.6) is 11.5 Å². The molecule has 0 spiro atoms. The number of allylic oxidation sites excluding steroid dienone is 1. The van der Waals surface area contributed by atoms with Crippen molar-refractivity contribution in [3.05, 3.63) is 60.7 Å². The molecule has 0 aliphatic heterocycles. The predicted molar refractivity (Wildman–Crippen MR) is 174 cm³/mol. The second-order valence-corrected chi connectivity index (χ2v) is 10.8. The number of nitrogens with zero attached hydrogens (tertiary/aromatic N) is 2. The zero-order valence-corrected chi connectivity index (χ0v) is 26.6. The number of isocyanates is 2. The number of aliphatic imine (C=N–C) groups is 2. The SMILES string of the molecule is CCCCCC[C@H](C/C=C\CCCCCCCC(=O)Oc1ccc(N=C=O)cc1)OC(=O)CCC(=O)Oc1ccc(N=C=O)cc1. The fourth-order valence-electron chi connectivity index (χ4n) is 4.55. The van der Waals surface area contributed by atoms with Gasteiger partial charge in [0, 0.05) is 12.8 Å². The summed E-state index contributed by atoms with van der Waals surface area (Å²) in [5, 5.41) is 0. The van der Waals surface area contributed by atoms with E-state index >= 15 is 0 Å². The maximum absolute atomic E-state index is 12.5. The molecule has 0 unspecified atom stereocenters. The van der Waals surface area contributed by atoms with E-state index in [1.165, 1.54) is 36.4 Å². The Morgan fingerprint density at radius 1 is 0.652 bits per heavy atom. The van der Waals surface area contributed by atoms with Gasteiger partial charge in [-0.05, 0) is 80.6 Å². The van der Waals surface area contributed by atoms with Crippen molar-refractivity contribution in [3.63, 3.8) is 0 Å². The van der Waals surface area contributed by atoms with Crippen LogP contribution in [0, 0.1) is 0 Å². The number of rotatable bonds is 23. The molecule has 0 fully saturated rings. The van der Waals surface area contributed by atoms with Crippen molar-refractivity contribution in [2.75, 3.05) is 0 Å². The molecule has 0 N–H and O–H groups in total. The van der Waals surface area contributed by atoms with E-state index in [0.717, 1.165) is 70.6 Å². The third-order valence-electron chi connectivity index (χ3n) is 7.01. The largest absolute Gasteiger partial charge is 0.462 e. The molecule has 10 heteroatoms. The number of hydrogen-bond acceptors (Lipinski definition) is 10. The molecule has 0 heterocycles. The Morgan fingerprint density at radius 2 is 1.17 bits per heavy atom. The molecular formula is C36H44N2O8. The van der Waals surface area contributed by atoms with Gasteiger partial charge in [-0.1, -0.05) is 57.6 Å². The van der Waals surface area contributed by atoms with Crippen molar-refractivity contribution in [2.24, 2.45) is 9.98 Å². The fraction of sp³-hybridized carbons (Fsp3) is 0.472. The van der Waals surface area contributed by atoms with Gasteiger partial charge < -0.3 is 14.2 Å². The summed E-state index contributed by atoms with van der Waals surface area (Å²) in [6.07, 6.45) is 18.5. The Morgan fingerprint density at radius 3 is 1.76 bits per heavy atom. The summed E-state index contributed by atoms with van der Waals surface area (Å²) in [6, 6.07) is 12.5. The molecule has 2 aromatic carbocycles. The highest BCUT2D eigenvalue weighted by atomic mass is 16.5. The molecule has 0 radical (unpaired) electrons. The monoisotopic (exact) mass is 632 g/mol. The Bertz CT molecular complexity index is 1320. The van der Waals surface area contributed by atoms with E-state index in [1.54, 1.807) is 24.3 Å². The molecular weight excluding hydrogens is 588 g/mol. The number of esters is 3. The molecule has 0 bridgehead atoms. The molecule has 0 aliphatic rings. The third-order valence-corrected chi connectivity index (χ3v) is 7.01. The minimum atomic E-state index is -0.544. The maximum Gasteiger partial charge on any atom is 0.311 e. The minimum absolute atomic E-state index is 0.0651. The summed E-state index contributed by atoms with van der Waals surface area (Å²) >= 11 is 0. The van der Waals surface area contributed by atoms with Gasteiger partial charge in [0.15, 0.2) is 0 Å². The first kappa shape index (κ1) is 37.5. The molecule has 10 nitrogen and oxygen atoms in total. The standard InChI is InChI=1S/C36H44N2O8/c1-2-3-4-11-14-31(44-35(42)25-26-36(43)46-33-23-19-30(20-24-33)38-28-40)15-12-9-7-5-6-8-10-13-16-34(41)45-32-21-17-29(18-22-32)37-27-39/h9,12,17-24,31H,2-8,10-11,13-16,25-26H2,1H3/b12-9-/t31-/m1/s1. The number of benzene rings is 2. The fourth-order valence-corrected chi connectivity index (χ4v) is 4.55. The molecule has 0 aromatic heterocycles. The van der Waals surface area contributed by atoms with Crippen molar-refractivity contribution < 1.29 is 38.2 Å². The summed E-state index contributed by atoms with van der Waals surface area (Å²) in [5.41, 5.74) is 0.857. The van der Waals surface area contributed by atoms with E-state index in [-0.39, 0.29) is 24.9 Å². The van der Waals surface area contributed by atoms with E-state index in [0.29, 0.717) is 35.7 Å². The summed E-state index contributed by atoms with van der Waals surface area (Å²) in [6.45, 7) is 2.15. The third kappa shape index (κ3) is 17.6. The molecule has 0 saturated carbocycles. The average Bonchev–Trinajstić information content (AvgIpc) is 3.05. The van der Waals surface area contributed by atoms with E-state index in [1.807, 2.05) is 0 Å². The summed E-state index contributed by atoms with van der Waals surface area (Å²) in [7, 11) is 0. The van der Waals surface area contributed by atoms with E-state index in [4.69, 9.17) is 14.2 Å². The van der Waals surface area contributed by atoms with Crippen LogP contribution in [0.25, 0.3) is 0 Å². The first-order chi connectivity index (χ1) is 22.4. The van der Waals surface area contributed by atoms with Crippen LogP contribution in [-0.4, -0.2) is 36.2 Å². The number of unbranched alkanes of at least 4 members (excludes halogenated alkanes) is 8. The van der Waals surface area contributed by atoms with Gasteiger partial charge in [0.2, 0.25) is 12.2 Å². The Kier molecular flexibility index (Phi) is 19.3. The van der Waals surface area contributed by atoms with Crippen LogP contribution in [0.15, 0.2) is 70.7 Å². The zero-order chi connectivity index (χ0) is 33.2. The lowest BCUT2D eigenvalue weighted by atomic mass is 10.1. The van der Waals surface area contributed by atoms with Crippen molar-refractivity contribution in [1.82, 2.24) is 0 Å². The normalized spacial score (nSPS) is 11.2. The molecule has 0 saturated heterocycles.